The number of hydrogen-bond donors (Lipinski definition) is 4. The van der Waals surface area contributed by atoms with Crippen LogP contribution in [0.25, 0.3) is 21.5 Å². The van der Waals surface area contributed by atoms with Gasteiger partial charge in [-0.2, -0.15) is 4.98 Å². The van der Waals surface area contributed by atoms with Gasteiger partial charge in [-0.25, -0.2) is 9.78 Å². The van der Waals surface area contributed by atoms with Crippen molar-refractivity contribution in [3.05, 3.63) is 84.1 Å². The molecule has 4 N–H and O–H groups in total. The Balaban J connectivity index is 1.15. The van der Waals surface area contributed by atoms with Gasteiger partial charge in [-0.15, -0.1) is 11.3 Å². The minimum Gasteiger partial charge on any atom is -0.465 e. The molecule has 2 amide bonds. The van der Waals surface area contributed by atoms with Crippen LogP contribution in [0.1, 0.15) is 16.9 Å². The van der Waals surface area contributed by atoms with Crippen molar-refractivity contribution in [2.75, 3.05) is 23.7 Å². The van der Waals surface area contributed by atoms with Crippen LogP contribution in [0.15, 0.2) is 78.4 Å². The Morgan fingerprint density at radius 3 is 2.67 bits per heavy atom. The third kappa shape index (κ3) is 5.64. The fraction of sp³-hybridized carbons (Fsp3) is 0.179. The molecule has 5 heterocycles. The Labute approximate surface area is 227 Å². The van der Waals surface area contributed by atoms with Gasteiger partial charge in [0.15, 0.2) is 6.10 Å². The number of pyridine rings is 2. The number of anilines is 2. The van der Waals surface area contributed by atoms with Crippen molar-refractivity contribution in [2.45, 2.75) is 12.5 Å². The van der Waals surface area contributed by atoms with Gasteiger partial charge >= 0.3 is 6.03 Å². The molecule has 6 rings (SSSR count). The number of ketones is 1. The van der Waals surface area contributed by atoms with Crippen LogP contribution in [0.4, 0.5) is 16.4 Å². The molecular weight excluding hydrogens is 514 g/mol. The number of H-pyrrole nitrogens is 1. The normalized spacial score (nSPS) is 15.6. The Kier molecular flexibility index (Phi) is 6.98. The first kappa shape index (κ1) is 24.7. The van der Waals surface area contributed by atoms with Crippen LogP contribution < -0.4 is 20.7 Å². The predicted octanol–water partition coefficient (Wildman–Crippen LogP) is 4.97. The van der Waals surface area contributed by atoms with Crippen LogP contribution in [0.3, 0.4) is 0 Å². The van der Waals surface area contributed by atoms with Gasteiger partial charge in [0.1, 0.15) is 16.6 Å². The smallest absolute Gasteiger partial charge is 0.326 e. The molecule has 1 fully saturated rings. The van der Waals surface area contributed by atoms with Gasteiger partial charge in [0, 0.05) is 52.8 Å². The van der Waals surface area contributed by atoms with E-state index in [1.165, 1.54) is 11.3 Å². The first-order chi connectivity index (χ1) is 19.1. The molecule has 0 spiro atoms. The van der Waals surface area contributed by atoms with Gasteiger partial charge in [0.2, 0.25) is 11.7 Å². The first-order valence-electron chi connectivity index (χ1n) is 12.5. The maximum Gasteiger partial charge on any atom is 0.326 e. The highest BCUT2D eigenvalue weighted by atomic mass is 32.1. The van der Waals surface area contributed by atoms with E-state index in [-0.39, 0.29) is 23.4 Å². The lowest BCUT2D eigenvalue weighted by Gasteiger charge is -2.22. The number of nitrogens with zero attached hydrogens (tertiary/aromatic N) is 3. The lowest BCUT2D eigenvalue weighted by molar-refractivity contribution is 0.0678. The van der Waals surface area contributed by atoms with Gasteiger partial charge < -0.3 is 15.0 Å². The van der Waals surface area contributed by atoms with E-state index in [1.54, 1.807) is 36.0 Å². The van der Waals surface area contributed by atoms with Crippen molar-refractivity contribution in [3.8, 4) is 16.5 Å². The van der Waals surface area contributed by atoms with Gasteiger partial charge in [0.25, 0.3) is 0 Å². The molecule has 196 valence electrons. The second-order valence-electron chi connectivity index (χ2n) is 9.14. The number of benzene rings is 1. The van der Waals surface area contributed by atoms with E-state index in [0.29, 0.717) is 18.1 Å². The van der Waals surface area contributed by atoms with Gasteiger partial charge in [-0.05, 0) is 43.3 Å². The zero-order valence-corrected chi connectivity index (χ0v) is 21.6. The molecular formula is C28H25N7O3S. The number of carbonyl (C=O) groups is 2. The molecule has 1 aliphatic rings. The van der Waals surface area contributed by atoms with Crippen LogP contribution in [0.2, 0.25) is 0 Å². The van der Waals surface area contributed by atoms with Crippen molar-refractivity contribution < 1.29 is 14.3 Å². The summed E-state index contributed by atoms with van der Waals surface area (Å²) in [4.78, 5) is 42.3. The predicted molar refractivity (Wildman–Crippen MR) is 150 cm³/mol. The number of para-hydroxylation sites is 1. The Bertz CT molecular complexity index is 1580. The number of aromatic nitrogens is 4. The van der Waals surface area contributed by atoms with E-state index in [4.69, 9.17) is 4.74 Å². The molecule has 1 aromatic carbocycles. The minimum absolute atomic E-state index is 0.00937. The van der Waals surface area contributed by atoms with Crippen molar-refractivity contribution in [1.82, 2.24) is 25.3 Å². The Morgan fingerprint density at radius 2 is 1.85 bits per heavy atom. The number of carbonyl (C=O) groups excluding carboxylic acids is 2. The molecule has 2 unspecified atom stereocenters. The average Bonchev–Trinajstić information content (AvgIpc) is 3.73. The number of aromatic amines is 1. The average molecular weight is 540 g/mol. The second-order valence-corrected chi connectivity index (χ2v) is 10.00. The molecule has 4 aromatic heterocycles. The van der Waals surface area contributed by atoms with Crippen LogP contribution in [-0.4, -0.2) is 50.9 Å². The van der Waals surface area contributed by atoms with Crippen molar-refractivity contribution in [1.29, 1.82) is 0 Å². The second kappa shape index (κ2) is 11.0. The van der Waals surface area contributed by atoms with Gasteiger partial charge in [-0.3, -0.25) is 20.4 Å². The van der Waals surface area contributed by atoms with Crippen LogP contribution in [-0.2, 0) is 0 Å². The molecule has 10 nitrogen and oxygen atoms in total. The molecule has 0 aliphatic carbocycles. The lowest BCUT2D eigenvalue weighted by Crippen LogP contribution is -2.37. The summed E-state index contributed by atoms with van der Waals surface area (Å²) in [6, 6.07) is 17.9. The summed E-state index contributed by atoms with van der Waals surface area (Å²) in [7, 11) is 0. The molecule has 0 bridgehead atoms. The molecule has 5 aromatic rings. The Hall–Kier alpha value is -4.61. The van der Waals surface area contributed by atoms with Crippen molar-refractivity contribution in [3.63, 3.8) is 0 Å². The largest absolute Gasteiger partial charge is 0.465 e. The van der Waals surface area contributed by atoms with E-state index in [1.807, 2.05) is 42.5 Å². The molecule has 1 aliphatic heterocycles. The molecule has 11 heteroatoms. The summed E-state index contributed by atoms with van der Waals surface area (Å²) in [5.74, 6) is 0.824. The summed E-state index contributed by atoms with van der Waals surface area (Å²) in [6.07, 6.45) is 3.47. The molecule has 0 saturated carbocycles. The van der Waals surface area contributed by atoms with Gasteiger partial charge in [-0.1, -0.05) is 24.3 Å². The number of fused-ring (bicyclic) bond motifs is 1. The zero-order chi connectivity index (χ0) is 26.6. The fourth-order valence-corrected chi connectivity index (χ4v) is 5.32. The quantitative estimate of drug-likeness (QED) is 0.205. The first-order valence-corrected chi connectivity index (χ1v) is 13.4. The van der Waals surface area contributed by atoms with E-state index >= 15 is 0 Å². The summed E-state index contributed by atoms with van der Waals surface area (Å²) >= 11 is 1.42. The number of ether oxygens (including phenoxy) is 1. The number of urea groups is 1. The van der Waals surface area contributed by atoms with E-state index in [2.05, 4.69) is 35.9 Å². The maximum atomic E-state index is 13.6. The molecule has 39 heavy (non-hydrogen) atoms. The van der Waals surface area contributed by atoms with Gasteiger partial charge in [0.05, 0.1) is 5.69 Å². The number of thiazole rings is 1. The monoisotopic (exact) mass is 539 g/mol. The van der Waals surface area contributed by atoms with E-state index in [9.17, 15) is 9.59 Å². The number of hydrogen-bond acceptors (Lipinski definition) is 8. The standard InChI is InChI=1S/C28H25N7O3S/c36-25(21-14-18-4-1-2-5-20(18)31-21)26(19-10-13-30-15-19)38-24-7-3-6-22(32-24)34-28(37)35-23-16-39-27(33-23)17-8-11-29-12-9-17/h1-9,11-12,14,16,19,26,30-31H,10,13,15H2,(H2,32,34,35,37). The van der Waals surface area contributed by atoms with E-state index < -0.39 is 12.1 Å². The number of rotatable bonds is 8. The third-order valence-electron chi connectivity index (χ3n) is 6.47. The SMILES string of the molecule is O=C(Nc1cccc(OC(C(=O)c2cc3ccccc3[nH]2)C2CCNC2)n1)Nc1csc(-c2ccncc2)n1. The summed E-state index contributed by atoms with van der Waals surface area (Å²) < 4.78 is 6.20. The molecule has 2 atom stereocenters. The summed E-state index contributed by atoms with van der Waals surface area (Å²) in [5.41, 5.74) is 2.31. The highest BCUT2D eigenvalue weighted by Crippen LogP contribution is 2.26. The summed E-state index contributed by atoms with van der Waals surface area (Å²) in [5, 5.41) is 12.2. The molecule has 1 saturated heterocycles. The summed E-state index contributed by atoms with van der Waals surface area (Å²) in [6.45, 7) is 1.49. The van der Waals surface area contributed by atoms with Crippen molar-refractivity contribution >= 4 is 45.7 Å². The topological polar surface area (TPSA) is 134 Å². The number of Topliss-reactive ketones (excluding diaryl/α,β-unsaturated/α-hetero) is 1. The lowest BCUT2D eigenvalue weighted by atomic mass is 9.96. The van der Waals surface area contributed by atoms with E-state index in [0.717, 1.165) is 34.4 Å². The number of amides is 2. The van der Waals surface area contributed by atoms with Crippen LogP contribution in [0.5, 0.6) is 5.88 Å². The zero-order valence-electron chi connectivity index (χ0n) is 20.8. The number of nitrogens with one attached hydrogen (secondary N) is 4. The fourth-order valence-electron chi connectivity index (χ4n) is 4.56. The van der Waals surface area contributed by atoms with Crippen LogP contribution >= 0.6 is 11.3 Å². The highest BCUT2D eigenvalue weighted by Gasteiger charge is 2.34. The maximum absolute atomic E-state index is 13.6. The van der Waals surface area contributed by atoms with Crippen molar-refractivity contribution in [2.24, 2.45) is 5.92 Å². The third-order valence-corrected chi connectivity index (χ3v) is 7.36. The minimum atomic E-state index is -0.730. The highest BCUT2D eigenvalue weighted by molar-refractivity contribution is 7.13. The molecule has 0 radical (unpaired) electrons. The van der Waals surface area contributed by atoms with Crippen LogP contribution in [0, 0.1) is 5.92 Å². The Morgan fingerprint density at radius 1 is 1.00 bits per heavy atom.